The second kappa shape index (κ2) is 6.44. The monoisotopic (exact) mass is 310 g/mol. The lowest BCUT2D eigenvalue weighted by atomic mass is 10.1. The average Bonchev–Trinajstić information content (AvgIpc) is 3.07. The minimum Gasteiger partial charge on any atom is -0.493 e. The number of H-pyrrole nitrogens is 1. The van der Waals surface area contributed by atoms with E-state index in [1.165, 1.54) is 0 Å². The second-order valence-electron chi connectivity index (χ2n) is 5.12. The summed E-state index contributed by atoms with van der Waals surface area (Å²) in [7, 11) is 3.18. The van der Waals surface area contributed by atoms with Crippen LogP contribution in [0.15, 0.2) is 48.7 Å². The lowest BCUT2D eigenvalue weighted by Gasteiger charge is -2.10. The van der Waals surface area contributed by atoms with E-state index in [4.69, 9.17) is 9.47 Å². The molecule has 0 aliphatic carbocycles. The highest BCUT2D eigenvalue weighted by Gasteiger charge is 2.11. The van der Waals surface area contributed by atoms with Gasteiger partial charge in [-0.2, -0.15) is 0 Å². The van der Waals surface area contributed by atoms with Crippen molar-refractivity contribution in [2.45, 2.75) is 6.54 Å². The van der Waals surface area contributed by atoms with Crippen molar-refractivity contribution < 1.29 is 14.3 Å². The van der Waals surface area contributed by atoms with E-state index in [-0.39, 0.29) is 5.91 Å². The molecule has 5 heteroatoms. The first-order chi connectivity index (χ1) is 11.2. The molecule has 5 nitrogen and oxygen atoms in total. The summed E-state index contributed by atoms with van der Waals surface area (Å²) in [5, 5.41) is 3.85. The maximum atomic E-state index is 12.4. The minimum absolute atomic E-state index is 0.106. The number of fused-ring (bicyclic) bond motifs is 1. The first-order valence-corrected chi connectivity index (χ1v) is 7.28. The van der Waals surface area contributed by atoms with Crippen LogP contribution in [-0.2, 0) is 6.54 Å². The van der Waals surface area contributed by atoms with E-state index < -0.39 is 0 Å². The summed E-state index contributed by atoms with van der Waals surface area (Å²) < 4.78 is 10.5. The number of carbonyl (C=O) groups excluding carboxylic acids is 1. The third-order valence-corrected chi connectivity index (χ3v) is 3.74. The van der Waals surface area contributed by atoms with E-state index in [9.17, 15) is 4.79 Å². The zero-order valence-corrected chi connectivity index (χ0v) is 13.1. The molecule has 0 fully saturated rings. The molecule has 0 aliphatic heterocycles. The van der Waals surface area contributed by atoms with Crippen LogP contribution in [-0.4, -0.2) is 25.1 Å². The largest absolute Gasteiger partial charge is 0.493 e. The van der Waals surface area contributed by atoms with Crippen molar-refractivity contribution in [2.75, 3.05) is 14.2 Å². The predicted molar refractivity (Wildman–Crippen MR) is 89.0 cm³/mol. The third-order valence-electron chi connectivity index (χ3n) is 3.74. The Morgan fingerprint density at radius 3 is 2.70 bits per heavy atom. The lowest BCUT2D eigenvalue weighted by Crippen LogP contribution is -2.22. The summed E-state index contributed by atoms with van der Waals surface area (Å²) in [6.45, 7) is 0.417. The van der Waals surface area contributed by atoms with Gasteiger partial charge >= 0.3 is 0 Å². The molecule has 0 unspecified atom stereocenters. The number of benzene rings is 2. The number of ether oxygens (including phenoxy) is 2. The van der Waals surface area contributed by atoms with E-state index in [1.807, 2.05) is 48.7 Å². The number of nitrogens with one attached hydrogen (secondary N) is 2. The molecule has 118 valence electrons. The van der Waals surface area contributed by atoms with E-state index in [0.717, 1.165) is 16.5 Å². The van der Waals surface area contributed by atoms with Crippen LogP contribution in [0.2, 0.25) is 0 Å². The quantitative estimate of drug-likeness (QED) is 0.761. The molecule has 2 N–H and O–H groups in total. The molecule has 3 aromatic rings. The van der Waals surface area contributed by atoms with Gasteiger partial charge in [-0.05, 0) is 35.9 Å². The molecular weight excluding hydrogens is 292 g/mol. The molecule has 3 rings (SSSR count). The van der Waals surface area contributed by atoms with Crippen molar-refractivity contribution >= 4 is 16.8 Å². The SMILES string of the molecule is COc1ccc(CNC(=O)c2cccc3[nH]ccc23)cc1OC. The Morgan fingerprint density at radius 2 is 1.91 bits per heavy atom. The molecule has 0 saturated heterocycles. The van der Waals surface area contributed by atoms with Crippen molar-refractivity contribution in [3.8, 4) is 11.5 Å². The Balaban J connectivity index is 1.75. The van der Waals surface area contributed by atoms with Gasteiger partial charge in [0.05, 0.1) is 14.2 Å². The molecule has 1 amide bonds. The highest BCUT2D eigenvalue weighted by Crippen LogP contribution is 2.27. The van der Waals surface area contributed by atoms with E-state index in [0.29, 0.717) is 23.6 Å². The van der Waals surface area contributed by atoms with Gasteiger partial charge < -0.3 is 19.8 Å². The van der Waals surface area contributed by atoms with Crippen LogP contribution >= 0.6 is 0 Å². The van der Waals surface area contributed by atoms with Crippen molar-refractivity contribution in [1.29, 1.82) is 0 Å². The predicted octanol–water partition coefficient (Wildman–Crippen LogP) is 3.12. The Labute approximate surface area is 134 Å². The first kappa shape index (κ1) is 15.0. The molecule has 23 heavy (non-hydrogen) atoms. The maximum absolute atomic E-state index is 12.4. The Bertz CT molecular complexity index is 839. The molecule has 0 saturated carbocycles. The molecule has 1 aromatic heterocycles. The van der Waals surface area contributed by atoms with Gasteiger partial charge in [-0.1, -0.05) is 12.1 Å². The fourth-order valence-corrected chi connectivity index (χ4v) is 2.55. The van der Waals surface area contributed by atoms with Crippen LogP contribution in [0, 0.1) is 0 Å². The Morgan fingerprint density at radius 1 is 1.09 bits per heavy atom. The van der Waals surface area contributed by atoms with Gasteiger partial charge in [0.25, 0.3) is 5.91 Å². The molecule has 0 bridgehead atoms. The van der Waals surface area contributed by atoms with Crippen molar-refractivity contribution in [1.82, 2.24) is 10.3 Å². The summed E-state index contributed by atoms with van der Waals surface area (Å²) in [5.41, 5.74) is 2.55. The lowest BCUT2D eigenvalue weighted by molar-refractivity contribution is 0.0952. The number of hydrogen-bond acceptors (Lipinski definition) is 3. The third kappa shape index (κ3) is 2.99. The number of aromatic amines is 1. The fraction of sp³-hybridized carbons (Fsp3) is 0.167. The number of carbonyl (C=O) groups is 1. The molecule has 2 aromatic carbocycles. The average molecular weight is 310 g/mol. The molecule has 1 heterocycles. The van der Waals surface area contributed by atoms with Crippen LogP contribution in [0.3, 0.4) is 0 Å². The first-order valence-electron chi connectivity index (χ1n) is 7.28. The van der Waals surface area contributed by atoms with E-state index in [1.54, 1.807) is 14.2 Å². The molecular formula is C18H18N2O3. The summed E-state index contributed by atoms with van der Waals surface area (Å²) in [5.74, 6) is 1.21. The number of hydrogen-bond donors (Lipinski definition) is 2. The van der Waals surface area contributed by atoms with Crippen LogP contribution in [0.5, 0.6) is 11.5 Å². The van der Waals surface area contributed by atoms with Crippen LogP contribution < -0.4 is 14.8 Å². The van der Waals surface area contributed by atoms with Gasteiger partial charge in [0.2, 0.25) is 0 Å². The summed E-state index contributed by atoms with van der Waals surface area (Å²) in [4.78, 5) is 15.5. The van der Waals surface area contributed by atoms with Crippen LogP contribution in [0.25, 0.3) is 10.9 Å². The molecule has 0 aliphatic rings. The zero-order valence-electron chi connectivity index (χ0n) is 13.1. The number of methoxy groups -OCH3 is 2. The fourth-order valence-electron chi connectivity index (χ4n) is 2.55. The smallest absolute Gasteiger partial charge is 0.252 e. The number of rotatable bonds is 5. The highest BCUT2D eigenvalue weighted by atomic mass is 16.5. The zero-order chi connectivity index (χ0) is 16.2. The topological polar surface area (TPSA) is 63.3 Å². The molecule has 0 spiro atoms. The van der Waals surface area contributed by atoms with E-state index in [2.05, 4.69) is 10.3 Å². The summed E-state index contributed by atoms with van der Waals surface area (Å²) in [6.07, 6.45) is 1.83. The number of aromatic nitrogens is 1. The highest BCUT2D eigenvalue weighted by molar-refractivity contribution is 6.06. The van der Waals surface area contributed by atoms with Gasteiger partial charge in [0.1, 0.15) is 0 Å². The van der Waals surface area contributed by atoms with Gasteiger partial charge in [0, 0.05) is 29.2 Å². The minimum atomic E-state index is -0.106. The standard InChI is InChI=1S/C18H18N2O3/c1-22-16-7-6-12(10-17(16)23-2)11-20-18(21)14-4-3-5-15-13(14)8-9-19-15/h3-10,19H,11H2,1-2H3,(H,20,21). The molecule has 0 atom stereocenters. The van der Waals surface area contributed by atoms with Crippen molar-refractivity contribution in [3.05, 3.63) is 59.8 Å². The van der Waals surface area contributed by atoms with E-state index >= 15 is 0 Å². The summed E-state index contributed by atoms with van der Waals surface area (Å²) in [6, 6.07) is 13.1. The van der Waals surface area contributed by atoms with Gasteiger partial charge in [-0.15, -0.1) is 0 Å². The van der Waals surface area contributed by atoms with Crippen molar-refractivity contribution in [2.24, 2.45) is 0 Å². The van der Waals surface area contributed by atoms with Gasteiger partial charge in [-0.25, -0.2) is 0 Å². The second-order valence-corrected chi connectivity index (χ2v) is 5.12. The number of amides is 1. The van der Waals surface area contributed by atoms with Gasteiger partial charge in [-0.3, -0.25) is 4.79 Å². The normalized spacial score (nSPS) is 10.5. The van der Waals surface area contributed by atoms with Gasteiger partial charge in [0.15, 0.2) is 11.5 Å². The maximum Gasteiger partial charge on any atom is 0.252 e. The van der Waals surface area contributed by atoms with Crippen LogP contribution in [0.1, 0.15) is 15.9 Å². The van der Waals surface area contributed by atoms with Crippen LogP contribution in [0.4, 0.5) is 0 Å². The molecule has 0 radical (unpaired) electrons. The Hall–Kier alpha value is -2.95. The summed E-state index contributed by atoms with van der Waals surface area (Å²) >= 11 is 0. The van der Waals surface area contributed by atoms with Crippen molar-refractivity contribution in [3.63, 3.8) is 0 Å². The Kier molecular flexibility index (Phi) is 4.19.